The molecule has 1 unspecified atom stereocenters. The summed E-state index contributed by atoms with van der Waals surface area (Å²) < 4.78 is 5.25. The van der Waals surface area contributed by atoms with E-state index < -0.39 is 11.5 Å². The first-order chi connectivity index (χ1) is 8.99. The summed E-state index contributed by atoms with van der Waals surface area (Å²) in [6.07, 6.45) is 3.55. The first-order valence-electron chi connectivity index (χ1n) is 6.43. The Morgan fingerprint density at radius 3 is 2.84 bits per heavy atom. The highest BCUT2D eigenvalue weighted by Gasteiger charge is 2.37. The molecule has 1 heterocycles. The van der Waals surface area contributed by atoms with Gasteiger partial charge in [-0.3, -0.25) is 10.1 Å². The maximum absolute atomic E-state index is 11.3. The number of carboxylic acid groups (broad SMARTS) is 1. The Labute approximate surface area is 116 Å². The van der Waals surface area contributed by atoms with Gasteiger partial charge < -0.3 is 9.52 Å². The number of aliphatic carboxylic acids is 1. The smallest absolute Gasteiger partial charge is 0.323 e. The lowest BCUT2D eigenvalue weighted by Gasteiger charge is -2.26. The minimum absolute atomic E-state index is 0.382. The molecule has 0 bridgehead atoms. The molecule has 0 radical (unpaired) electrons. The second kappa shape index (κ2) is 5.92. The minimum Gasteiger partial charge on any atom is -0.480 e. The SMILES string of the molecule is Cc1nnc(SCCCC(C)(NC2CC2)C(=O)O)o1. The monoisotopic (exact) mass is 285 g/mol. The zero-order valence-electron chi connectivity index (χ0n) is 11.2. The van der Waals surface area contributed by atoms with Crippen LogP contribution in [-0.2, 0) is 4.79 Å². The number of hydrogen-bond acceptors (Lipinski definition) is 6. The maximum Gasteiger partial charge on any atom is 0.323 e. The van der Waals surface area contributed by atoms with Crippen LogP contribution in [0.3, 0.4) is 0 Å². The zero-order chi connectivity index (χ0) is 13.9. The van der Waals surface area contributed by atoms with Crippen molar-refractivity contribution in [1.82, 2.24) is 15.5 Å². The van der Waals surface area contributed by atoms with Gasteiger partial charge in [0.2, 0.25) is 5.89 Å². The summed E-state index contributed by atoms with van der Waals surface area (Å²) >= 11 is 1.47. The van der Waals surface area contributed by atoms with E-state index in [2.05, 4.69) is 15.5 Å². The molecule has 1 aromatic rings. The molecule has 6 nitrogen and oxygen atoms in total. The molecule has 7 heteroatoms. The van der Waals surface area contributed by atoms with Gasteiger partial charge in [-0.1, -0.05) is 11.8 Å². The van der Waals surface area contributed by atoms with Crippen molar-refractivity contribution in [3.63, 3.8) is 0 Å². The van der Waals surface area contributed by atoms with Gasteiger partial charge in [-0.15, -0.1) is 10.2 Å². The average molecular weight is 285 g/mol. The molecule has 106 valence electrons. The quantitative estimate of drug-likeness (QED) is 0.556. The molecule has 0 amide bonds. The molecular formula is C12H19N3O3S. The topological polar surface area (TPSA) is 88.2 Å². The third-order valence-electron chi connectivity index (χ3n) is 3.13. The molecule has 0 aromatic carbocycles. The zero-order valence-corrected chi connectivity index (χ0v) is 12.0. The van der Waals surface area contributed by atoms with Crippen LogP contribution in [0.2, 0.25) is 0 Å². The number of rotatable bonds is 8. The second-order valence-corrected chi connectivity index (χ2v) is 6.14. The van der Waals surface area contributed by atoms with Crippen molar-refractivity contribution in [2.75, 3.05) is 5.75 Å². The highest BCUT2D eigenvalue weighted by Crippen LogP contribution is 2.26. The highest BCUT2D eigenvalue weighted by molar-refractivity contribution is 7.99. The Bertz CT molecular complexity index is 447. The van der Waals surface area contributed by atoms with E-state index in [4.69, 9.17) is 4.42 Å². The molecule has 1 saturated carbocycles. The van der Waals surface area contributed by atoms with E-state index in [1.54, 1.807) is 13.8 Å². The van der Waals surface area contributed by atoms with Gasteiger partial charge in [0.05, 0.1) is 0 Å². The summed E-state index contributed by atoms with van der Waals surface area (Å²) in [5.41, 5.74) is -0.827. The van der Waals surface area contributed by atoms with Crippen LogP contribution >= 0.6 is 11.8 Å². The number of carboxylic acids is 1. The minimum atomic E-state index is -0.827. The summed E-state index contributed by atoms with van der Waals surface area (Å²) in [7, 11) is 0. The lowest BCUT2D eigenvalue weighted by molar-refractivity contribution is -0.144. The van der Waals surface area contributed by atoms with E-state index in [1.807, 2.05) is 0 Å². The van der Waals surface area contributed by atoms with Gasteiger partial charge in [0, 0.05) is 18.7 Å². The van der Waals surface area contributed by atoms with Crippen molar-refractivity contribution in [3.05, 3.63) is 5.89 Å². The molecule has 2 rings (SSSR count). The van der Waals surface area contributed by atoms with Crippen LogP contribution in [0.5, 0.6) is 0 Å². The summed E-state index contributed by atoms with van der Waals surface area (Å²) in [5, 5.41) is 20.7. The van der Waals surface area contributed by atoms with E-state index in [-0.39, 0.29) is 0 Å². The van der Waals surface area contributed by atoms with Crippen molar-refractivity contribution >= 4 is 17.7 Å². The molecule has 2 N–H and O–H groups in total. The van der Waals surface area contributed by atoms with Gasteiger partial charge in [-0.25, -0.2) is 0 Å². The van der Waals surface area contributed by atoms with E-state index in [0.717, 1.165) is 25.0 Å². The Hall–Kier alpha value is -1.08. The van der Waals surface area contributed by atoms with Crippen molar-refractivity contribution < 1.29 is 14.3 Å². The van der Waals surface area contributed by atoms with E-state index in [0.29, 0.717) is 23.6 Å². The van der Waals surface area contributed by atoms with Crippen molar-refractivity contribution in [3.8, 4) is 0 Å². The van der Waals surface area contributed by atoms with Gasteiger partial charge in [-0.2, -0.15) is 0 Å². The number of nitrogens with zero attached hydrogens (tertiary/aromatic N) is 2. The highest BCUT2D eigenvalue weighted by atomic mass is 32.2. The second-order valence-electron chi connectivity index (χ2n) is 5.09. The Balaban J connectivity index is 1.74. The van der Waals surface area contributed by atoms with Crippen LogP contribution in [-0.4, -0.2) is 38.6 Å². The van der Waals surface area contributed by atoms with Gasteiger partial charge in [-0.05, 0) is 32.6 Å². The number of aryl methyl sites for hydroxylation is 1. The Morgan fingerprint density at radius 1 is 1.58 bits per heavy atom. The normalized spacial score (nSPS) is 18.2. The summed E-state index contributed by atoms with van der Waals surface area (Å²) in [6.45, 7) is 3.51. The van der Waals surface area contributed by atoms with E-state index >= 15 is 0 Å². The molecular weight excluding hydrogens is 266 g/mol. The standard InChI is InChI=1S/C12H19N3O3S/c1-8-14-15-11(18-8)19-7-3-6-12(2,10(16)17)13-9-4-5-9/h9,13H,3-7H2,1-2H3,(H,16,17). The number of hydrogen-bond donors (Lipinski definition) is 2. The van der Waals surface area contributed by atoms with Gasteiger partial charge in [0.15, 0.2) is 0 Å². The largest absolute Gasteiger partial charge is 0.480 e. The molecule has 1 atom stereocenters. The molecule has 0 spiro atoms. The average Bonchev–Trinajstić information content (AvgIpc) is 3.05. The fraction of sp³-hybridized carbons (Fsp3) is 0.750. The Kier molecular flexibility index (Phi) is 4.46. The third kappa shape index (κ3) is 4.21. The predicted molar refractivity (Wildman–Crippen MR) is 71.2 cm³/mol. The van der Waals surface area contributed by atoms with Crippen molar-refractivity contribution in [1.29, 1.82) is 0 Å². The molecule has 1 aromatic heterocycles. The lowest BCUT2D eigenvalue weighted by atomic mass is 9.96. The van der Waals surface area contributed by atoms with E-state index in [1.165, 1.54) is 11.8 Å². The van der Waals surface area contributed by atoms with Crippen molar-refractivity contribution in [2.45, 2.75) is 56.3 Å². The van der Waals surface area contributed by atoms with Crippen LogP contribution in [0.1, 0.15) is 38.5 Å². The van der Waals surface area contributed by atoms with Crippen LogP contribution in [0.25, 0.3) is 0 Å². The summed E-state index contributed by atoms with van der Waals surface area (Å²) in [5.74, 6) is 0.544. The fourth-order valence-corrected chi connectivity index (χ4v) is 2.58. The van der Waals surface area contributed by atoms with Crippen LogP contribution in [0.4, 0.5) is 0 Å². The third-order valence-corrected chi connectivity index (χ3v) is 4.03. The fourth-order valence-electron chi connectivity index (χ4n) is 1.84. The molecule has 19 heavy (non-hydrogen) atoms. The maximum atomic E-state index is 11.3. The molecule has 1 aliphatic carbocycles. The summed E-state index contributed by atoms with van der Waals surface area (Å²) in [6, 6.07) is 0.382. The lowest BCUT2D eigenvalue weighted by Crippen LogP contribution is -2.50. The van der Waals surface area contributed by atoms with Crippen LogP contribution in [0, 0.1) is 6.92 Å². The number of carbonyl (C=O) groups is 1. The predicted octanol–water partition coefficient (Wildman–Crippen LogP) is 1.85. The van der Waals surface area contributed by atoms with Crippen LogP contribution in [0.15, 0.2) is 9.64 Å². The van der Waals surface area contributed by atoms with Crippen LogP contribution < -0.4 is 5.32 Å². The van der Waals surface area contributed by atoms with Crippen molar-refractivity contribution in [2.24, 2.45) is 0 Å². The molecule has 1 aliphatic rings. The summed E-state index contributed by atoms with van der Waals surface area (Å²) in [4.78, 5) is 11.3. The molecule has 0 aliphatic heterocycles. The first kappa shape index (κ1) is 14.3. The molecule has 0 saturated heterocycles. The van der Waals surface area contributed by atoms with Gasteiger partial charge in [0.1, 0.15) is 5.54 Å². The number of aromatic nitrogens is 2. The molecule has 1 fully saturated rings. The van der Waals surface area contributed by atoms with Gasteiger partial charge in [0.25, 0.3) is 5.22 Å². The van der Waals surface area contributed by atoms with E-state index in [9.17, 15) is 9.90 Å². The number of thioether (sulfide) groups is 1. The first-order valence-corrected chi connectivity index (χ1v) is 7.42. The number of nitrogens with one attached hydrogen (secondary N) is 1. The Morgan fingerprint density at radius 2 is 2.32 bits per heavy atom. The van der Waals surface area contributed by atoms with Gasteiger partial charge >= 0.3 is 5.97 Å².